The van der Waals surface area contributed by atoms with Crippen LogP contribution in [0.5, 0.6) is 0 Å². The Balaban J connectivity index is 2.77. The lowest BCUT2D eigenvalue weighted by molar-refractivity contribution is 0.262. The first-order valence-corrected chi connectivity index (χ1v) is 3.64. The fourth-order valence-electron chi connectivity index (χ4n) is 1.33. The Kier molecular flexibility index (Phi) is 1.43. The predicted octanol–water partition coefficient (Wildman–Crippen LogP) is -1.33. The van der Waals surface area contributed by atoms with E-state index in [1.54, 1.807) is 11.9 Å². The SMILES string of the molecule is CN1CN(O)c2c1[nH]c(=O)[nH]c2=O. The fourth-order valence-corrected chi connectivity index (χ4v) is 1.33. The van der Waals surface area contributed by atoms with Gasteiger partial charge in [0, 0.05) is 7.05 Å². The number of anilines is 2. The third kappa shape index (κ3) is 1.01. The van der Waals surface area contributed by atoms with Gasteiger partial charge in [-0.3, -0.25) is 20.0 Å². The molecule has 0 atom stereocenters. The van der Waals surface area contributed by atoms with Crippen LogP contribution in [-0.2, 0) is 0 Å². The first kappa shape index (κ1) is 7.87. The maximum Gasteiger partial charge on any atom is 0.327 e. The highest BCUT2D eigenvalue weighted by molar-refractivity contribution is 5.68. The van der Waals surface area contributed by atoms with Crippen LogP contribution in [0.4, 0.5) is 11.5 Å². The van der Waals surface area contributed by atoms with Crippen LogP contribution < -0.4 is 21.2 Å². The Bertz CT molecular complexity index is 448. The molecule has 0 spiro atoms. The van der Waals surface area contributed by atoms with Gasteiger partial charge in [0.25, 0.3) is 5.56 Å². The van der Waals surface area contributed by atoms with E-state index in [0.29, 0.717) is 5.82 Å². The third-order valence-electron chi connectivity index (χ3n) is 1.88. The lowest BCUT2D eigenvalue weighted by Crippen LogP contribution is -2.27. The Morgan fingerprint density at radius 3 is 2.77 bits per heavy atom. The van der Waals surface area contributed by atoms with Gasteiger partial charge >= 0.3 is 5.69 Å². The summed E-state index contributed by atoms with van der Waals surface area (Å²) in [5.41, 5.74) is -1.10. The van der Waals surface area contributed by atoms with Crippen molar-refractivity contribution in [3.05, 3.63) is 20.8 Å². The highest BCUT2D eigenvalue weighted by Gasteiger charge is 2.26. The molecule has 0 fully saturated rings. The monoisotopic (exact) mass is 184 g/mol. The molecule has 1 aromatic rings. The van der Waals surface area contributed by atoms with Gasteiger partial charge < -0.3 is 4.90 Å². The van der Waals surface area contributed by atoms with Gasteiger partial charge in [0.05, 0.1) is 0 Å². The predicted molar refractivity (Wildman–Crippen MR) is 45.2 cm³/mol. The highest BCUT2D eigenvalue weighted by atomic mass is 16.5. The molecule has 70 valence electrons. The zero-order chi connectivity index (χ0) is 9.59. The molecule has 1 aromatic heterocycles. The van der Waals surface area contributed by atoms with Gasteiger partial charge in [-0.25, -0.2) is 9.86 Å². The largest absolute Gasteiger partial charge is 0.339 e. The first-order chi connectivity index (χ1) is 6.09. The molecule has 0 bridgehead atoms. The van der Waals surface area contributed by atoms with Gasteiger partial charge in [0.2, 0.25) is 0 Å². The molecule has 0 unspecified atom stereocenters. The summed E-state index contributed by atoms with van der Waals surface area (Å²) in [5, 5.41) is 10.1. The van der Waals surface area contributed by atoms with Crippen LogP contribution in [0.25, 0.3) is 0 Å². The number of H-pyrrole nitrogens is 2. The number of nitrogens with zero attached hydrogens (tertiary/aromatic N) is 2. The number of fused-ring (bicyclic) bond motifs is 1. The molecule has 7 nitrogen and oxygen atoms in total. The van der Waals surface area contributed by atoms with Crippen molar-refractivity contribution < 1.29 is 5.21 Å². The number of aromatic nitrogens is 2. The molecule has 0 amide bonds. The van der Waals surface area contributed by atoms with Crippen molar-refractivity contribution in [3.63, 3.8) is 0 Å². The van der Waals surface area contributed by atoms with E-state index in [-0.39, 0.29) is 12.4 Å². The lowest BCUT2D eigenvalue weighted by atomic mass is 10.5. The van der Waals surface area contributed by atoms with E-state index in [2.05, 4.69) is 4.98 Å². The smallest absolute Gasteiger partial charge is 0.327 e. The van der Waals surface area contributed by atoms with Crippen LogP contribution in [0.3, 0.4) is 0 Å². The van der Waals surface area contributed by atoms with E-state index in [1.807, 2.05) is 4.98 Å². The topological polar surface area (TPSA) is 92.4 Å². The number of aromatic amines is 2. The van der Waals surface area contributed by atoms with Gasteiger partial charge in [0.1, 0.15) is 12.5 Å². The van der Waals surface area contributed by atoms with Crippen LogP contribution in [0.2, 0.25) is 0 Å². The minimum atomic E-state index is -0.592. The lowest BCUT2D eigenvalue weighted by Gasteiger charge is -2.09. The minimum Gasteiger partial charge on any atom is -0.339 e. The Morgan fingerprint density at radius 2 is 2.08 bits per heavy atom. The summed E-state index contributed by atoms with van der Waals surface area (Å²) in [6.45, 7) is 0.165. The molecule has 0 saturated carbocycles. The van der Waals surface area contributed by atoms with E-state index >= 15 is 0 Å². The second-order valence-corrected chi connectivity index (χ2v) is 2.84. The molecule has 2 rings (SSSR count). The number of rotatable bonds is 0. The van der Waals surface area contributed by atoms with Gasteiger partial charge in [0.15, 0.2) is 5.69 Å². The molecule has 0 radical (unpaired) electrons. The fraction of sp³-hybridized carbons (Fsp3) is 0.333. The maximum absolute atomic E-state index is 11.2. The standard InChI is InChI=1S/C6H8N4O3/c1-9-2-10(13)3-4(9)7-6(12)8-5(3)11/h13H,2H2,1H3,(H2,7,8,11,12). The molecule has 3 N–H and O–H groups in total. The first-order valence-electron chi connectivity index (χ1n) is 3.64. The van der Waals surface area contributed by atoms with Gasteiger partial charge in [-0.15, -0.1) is 0 Å². The molecule has 0 aromatic carbocycles. The molecule has 7 heteroatoms. The van der Waals surface area contributed by atoms with E-state index in [1.165, 1.54) is 0 Å². The average Bonchev–Trinajstić information content (AvgIpc) is 2.27. The van der Waals surface area contributed by atoms with Crippen molar-refractivity contribution in [2.24, 2.45) is 0 Å². The number of hydroxylamine groups is 1. The molecular weight excluding hydrogens is 176 g/mol. The molecule has 0 saturated heterocycles. The quantitative estimate of drug-likeness (QED) is 0.464. The maximum atomic E-state index is 11.2. The van der Waals surface area contributed by atoms with Crippen molar-refractivity contribution >= 4 is 11.5 Å². The van der Waals surface area contributed by atoms with Crippen molar-refractivity contribution in [1.29, 1.82) is 0 Å². The van der Waals surface area contributed by atoms with Gasteiger partial charge in [-0.05, 0) is 0 Å². The summed E-state index contributed by atoms with van der Waals surface area (Å²) < 4.78 is 0. The summed E-state index contributed by atoms with van der Waals surface area (Å²) in [4.78, 5) is 28.1. The normalized spacial score (nSPS) is 14.9. The summed E-state index contributed by atoms with van der Waals surface area (Å²) in [6.07, 6.45) is 0. The van der Waals surface area contributed by atoms with E-state index in [0.717, 1.165) is 5.06 Å². The Labute approximate surface area is 72.2 Å². The number of hydrogen-bond acceptors (Lipinski definition) is 5. The second-order valence-electron chi connectivity index (χ2n) is 2.84. The third-order valence-corrected chi connectivity index (χ3v) is 1.88. The van der Waals surface area contributed by atoms with Crippen LogP contribution in [0.15, 0.2) is 9.59 Å². The average molecular weight is 184 g/mol. The van der Waals surface area contributed by atoms with Gasteiger partial charge in [-0.1, -0.05) is 0 Å². The van der Waals surface area contributed by atoms with E-state index in [9.17, 15) is 14.8 Å². The van der Waals surface area contributed by atoms with Crippen molar-refractivity contribution in [3.8, 4) is 0 Å². The summed E-state index contributed by atoms with van der Waals surface area (Å²) in [7, 11) is 1.66. The van der Waals surface area contributed by atoms with Crippen LogP contribution in [0.1, 0.15) is 0 Å². The molecule has 1 aliphatic heterocycles. The molecule has 2 heterocycles. The highest BCUT2D eigenvalue weighted by Crippen LogP contribution is 2.25. The van der Waals surface area contributed by atoms with Crippen molar-refractivity contribution in [2.75, 3.05) is 23.7 Å². The zero-order valence-corrected chi connectivity index (χ0v) is 6.87. The van der Waals surface area contributed by atoms with Crippen LogP contribution >= 0.6 is 0 Å². The summed E-state index contributed by atoms with van der Waals surface area (Å²) in [6, 6.07) is 0. The van der Waals surface area contributed by atoms with Crippen LogP contribution in [-0.4, -0.2) is 28.9 Å². The zero-order valence-electron chi connectivity index (χ0n) is 6.87. The van der Waals surface area contributed by atoms with Crippen molar-refractivity contribution in [2.45, 2.75) is 0 Å². The van der Waals surface area contributed by atoms with Crippen LogP contribution in [0, 0.1) is 0 Å². The Morgan fingerprint density at radius 1 is 1.38 bits per heavy atom. The van der Waals surface area contributed by atoms with E-state index in [4.69, 9.17) is 0 Å². The molecule has 1 aliphatic rings. The molecule has 0 aliphatic carbocycles. The molecular formula is C6H8N4O3. The Hall–Kier alpha value is -1.76. The van der Waals surface area contributed by atoms with Crippen molar-refractivity contribution in [1.82, 2.24) is 9.97 Å². The summed E-state index contributed by atoms with van der Waals surface area (Å²) in [5.74, 6) is 0.330. The second kappa shape index (κ2) is 2.36. The number of hydrogen-bond donors (Lipinski definition) is 3. The minimum absolute atomic E-state index is 0.0714. The number of nitrogens with one attached hydrogen (secondary N) is 2. The molecule has 13 heavy (non-hydrogen) atoms. The van der Waals surface area contributed by atoms with Gasteiger partial charge in [-0.2, -0.15) is 0 Å². The summed E-state index contributed by atoms with van der Waals surface area (Å²) >= 11 is 0. The van der Waals surface area contributed by atoms with E-state index < -0.39 is 11.2 Å².